The van der Waals surface area contributed by atoms with Gasteiger partial charge in [-0.2, -0.15) is 10.2 Å². The minimum absolute atomic E-state index is 0.681. The van der Waals surface area contributed by atoms with E-state index < -0.39 is 0 Å². The van der Waals surface area contributed by atoms with Crippen molar-refractivity contribution in [1.29, 1.82) is 0 Å². The van der Waals surface area contributed by atoms with Crippen LogP contribution in [0.15, 0.2) is 18.7 Å². The van der Waals surface area contributed by atoms with Crippen molar-refractivity contribution in [2.75, 3.05) is 5.32 Å². The van der Waals surface area contributed by atoms with Crippen molar-refractivity contribution >= 4 is 22.5 Å². The molecular formula is C11H13N7. The Balaban J connectivity index is 1.99. The molecule has 7 heteroatoms. The molecule has 3 rings (SSSR count). The van der Waals surface area contributed by atoms with Gasteiger partial charge in [0.25, 0.3) is 0 Å². The Labute approximate surface area is 103 Å². The van der Waals surface area contributed by atoms with Crippen LogP contribution in [0.25, 0.3) is 11.0 Å². The van der Waals surface area contributed by atoms with Crippen LogP contribution in [-0.2, 0) is 6.54 Å². The summed E-state index contributed by atoms with van der Waals surface area (Å²) < 4.78 is 1.84. The molecule has 0 aliphatic carbocycles. The topological polar surface area (TPSA) is 84.3 Å². The van der Waals surface area contributed by atoms with Crippen LogP contribution in [-0.4, -0.2) is 29.9 Å². The maximum atomic E-state index is 4.21. The van der Waals surface area contributed by atoms with Gasteiger partial charge in [0.15, 0.2) is 11.3 Å². The molecule has 0 aromatic carbocycles. The molecule has 3 heterocycles. The number of rotatable bonds is 3. The monoisotopic (exact) mass is 243 g/mol. The van der Waals surface area contributed by atoms with E-state index in [0.29, 0.717) is 5.82 Å². The molecule has 0 fully saturated rings. The second kappa shape index (κ2) is 4.10. The highest BCUT2D eigenvalue weighted by molar-refractivity contribution is 5.88. The summed E-state index contributed by atoms with van der Waals surface area (Å²) in [5.41, 5.74) is 3.38. The summed E-state index contributed by atoms with van der Waals surface area (Å²) in [7, 11) is 0. The number of hydrogen-bond donors (Lipinski definition) is 2. The van der Waals surface area contributed by atoms with E-state index in [1.807, 2.05) is 24.7 Å². The largest absolute Gasteiger partial charge is 0.336 e. The average Bonchev–Trinajstić information content (AvgIpc) is 2.98. The van der Waals surface area contributed by atoms with Crippen molar-refractivity contribution in [2.24, 2.45) is 0 Å². The number of hydrogen-bond acceptors (Lipinski definition) is 5. The fraction of sp³-hybridized carbons (Fsp3) is 0.273. The SMILES string of the molecule is CCn1cc(Nc2ncnc3c(C)[nH]nc23)cn1. The third-order valence-electron chi connectivity index (χ3n) is 2.73. The molecule has 7 nitrogen and oxygen atoms in total. The lowest BCUT2D eigenvalue weighted by Crippen LogP contribution is -1.95. The Kier molecular flexibility index (Phi) is 2.44. The van der Waals surface area contributed by atoms with Crippen molar-refractivity contribution in [3.63, 3.8) is 0 Å². The van der Waals surface area contributed by atoms with Crippen LogP contribution in [0.1, 0.15) is 12.6 Å². The Morgan fingerprint density at radius 3 is 3.00 bits per heavy atom. The van der Waals surface area contributed by atoms with Gasteiger partial charge in [-0.3, -0.25) is 9.78 Å². The van der Waals surface area contributed by atoms with Crippen LogP contribution in [0.3, 0.4) is 0 Å². The average molecular weight is 243 g/mol. The first kappa shape index (κ1) is 10.7. The van der Waals surface area contributed by atoms with Gasteiger partial charge in [0, 0.05) is 12.7 Å². The third kappa shape index (κ3) is 1.69. The number of aromatic nitrogens is 6. The van der Waals surface area contributed by atoms with Crippen molar-refractivity contribution in [3.05, 3.63) is 24.4 Å². The lowest BCUT2D eigenvalue weighted by Gasteiger charge is -2.01. The number of aryl methyl sites for hydroxylation is 2. The fourth-order valence-corrected chi connectivity index (χ4v) is 1.78. The fourth-order valence-electron chi connectivity index (χ4n) is 1.78. The summed E-state index contributed by atoms with van der Waals surface area (Å²) in [5, 5.41) is 14.5. The van der Waals surface area contributed by atoms with E-state index in [9.17, 15) is 0 Å². The second-order valence-electron chi connectivity index (χ2n) is 3.98. The molecule has 0 unspecified atom stereocenters. The minimum atomic E-state index is 0.681. The Hall–Kier alpha value is -2.44. The first-order valence-electron chi connectivity index (χ1n) is 5.73. The summed E-state index contributed by atoms with van der Waals surface area (Å²) in [6.07, 6.45) is 5.21. The third-order valence-corrected chi connectivity index (χ3v) is 2.73. The van der Waals surface area contributed by atoms with Crippen LogP contribution in [0.2, 0.25) is 0 Å². The molecule has 0 saturated heterocycles. The molecule has 0 saturated carbocycles. The molecule has 0 atom stereocenters. The Bertz CT molecular complexity index is 682. The molecule has 0 aliphatic heterocycles. The molecule has 0 radical (unpaired) electrons. The molecule has 0 bridgehead atoms. The van der Waals surface area contributed by atoms with Crippen LogP contribution < -0.4 is 5.32 Å². The van der Waals surface area contributed by atoms with Crippen molar-refractivity contribution in [2.45, 2.75) is 20.4 Å². The van der Waals surface area contributed by atoms with Gasteiger partial charge in [0.2, 0.25) is 0 Å². The predicted molar refractivity (Wildman–Crippen MR) is 67.6 cm³/mol. The first-order chi connectivity index (χ1) is 8.78. The summed E-state index contributed by atoms with van der Waals surface area (Å²) in [5.74, 6) is 0.681. The van der Waals surface area contributed by atoms with Gasteiger partial charge in [0.05, 0.1) is 17.6 Å². The molecular weight excluding hydrogens is 230 g/mol. The zero-order valence-electron chi connectivity index (χ0n) is 10.2. The molecule has 0 aliphatic rings. The summed E-state index contributed by atoms with van der Waals surface area (Å²) in [6.45, 7) is 4.81. The maximum absolute atomic E-state index is 4.21. The van der Waals surface area contributed by atoms with Gasteiger partial charge in [-0.25, -0.2) is 9.97 Å². The molecule has 3 aromatic heterocycles. The molecule has 92 valence electrons. The molecule has 3 aromatic rings. The van der Waals surface area contributed by atoms with E-state index in [4.69, 9.17) is 0 Å². The van der Waals surface area contributed by atoms with Gasteiger partial charge in [-0.15, -0.1) is 0 Å². The summed E-state index contributed by atoms with van der Waals surface area (Å²) >= 11 is 0. The summed E-state index contributed by atoms with van der Waals surface area (Å²) in [6, 6.07) is 0. The van der Waals surface area contributed by atoms with Crippen molar-refractivity contribution in [3.8, 4) is 0 Å². The van der Waals surface area contributed by atoms with E-state index in [1.165, 1.54) is 6.33 Å². The van der Waals surface area contributed by atoms with Crippen LogP contribution in [0, 0.1) is 6.92 Å². The van der Waals surface area contributed by atoms with Gasteiger partial charge in [-0.05, 0) is 13.8 Å². The zero-order valence-corrected chi connectivity index (χ0v) is 10.2. The van der Waals surface area contributed by atoms with E-state index in [1.54, 1.807) is 6.20 Å². The molecule has 0 spiro atoms. The number of nitrogens with zero attached hydrogens (tertiary/aromatic N) is 5. The van der Waals surface area contributed by atoms with Gasteiger partial charge >= 0.3 is 0 Å². The van der Waals surface area contributed by atoms with Gasteiger partial charge < -0.3 is 5.32 Å². The van der Waals surface area contributed by atoms with E-state index in [-0.39, 0.29) is 0 Å². The summed E-state index contributed by atoms with van der Waals surface area (Å²) in [4.78, 5) is 8.41. The van der Waals surface area contributed by atoms with Crippen LogP contribution in [0.4, 0.5) is 11.5 Å². The van der Waals surface area contributed by atoms with Crippen molar-refractivity contribution in [1.82, 2.24) is 29.9 Å². The second-order valence-corrected chi connectivity index (χ2v) is 3.98. The quantitative estimate of drug-likeness (QED) is 0.730. The van der Waals surface area contributed by atoms with Gasteiger partial charge in [-0.1, -0.05) is 0 Å². The van der Waals surface area contributed by atoms with E-state index in [2.05, 4.69) is 30.6 Å². The smallest absolute Gasteiger partial charge is 0.162 e. The number of H-pyrrole nitrogens is 1. The molecule has 18 heavy (non-hydrogen) atoms. The van der Waals surface area contributed by atoms with Crippen LogP contribution >= 0.6 is 0 Å². The standard InChI is InChI=1S/C11H13N7/c1-3-18-5-8(4-14-18)15-11-10-9(12-6-13-11)7(2)16-17-10/h4-6H,3H2,1-2H3,(H,16,17)(H,12,13,15). The normalized spacial score (nSPS) is 11.0. The van der Waals surface area contributed by atoms with Crippen molar-refractivity contribution < 1.29 is 0 Å². The van der Waals surface area contributed by atoms with E-state index in [0.717, 1.165) is 29.0 Å². The predicted octanol–water partition coefficient (Wildman–Crippen LogP) is 1.62. The zero-order chi connectivity index (χ0) is 12.5. The first-order valence-corrected chi connectivity index (χ1v) is 5.73. The number of aromatic amines is 1. The lowest BCUT2D eigenvalue weighted by molar-refractivity contribution is 0.660. The Morgan fingerprint density at radius 1 is 1.33 bits per heavy atom. The molecule has 2 N–H and O–H groups in total. The minimum Gasteiger partial charge on any atom is -0.336 e. The van der Waals surface area contributed by atoms with Crippen LogP contribution in [0.5, 0.6) is 0 Å². The lowest BCUT2D eigenvalue weighted by atomic mass is 10.3. The van der Waals surface area contributed by atoms with E-state index >= 15 is 0 Å². The molecule has 0 amide bonds. The highest BCUT2D eigenvalue weighted by Crippen LogP contribution is 2.21. The highest BCUT2D eigenvalue weighted by atomic mass is 15.3. The number of nitrogens with one attached hydrogen (secondary N) is 2. The number of anilines is 2. The Morgan fingerprint density at radius 2 is 2.22 bits per heavy atom. The highest BCUT2D eigenvalue weighted by Gasteiger charge is 2.09. The van der Waals surface area contributed by atoms with Gasteiger partial charge in [0.1, 0.15) is 11.8 Å². The number of fused-ring (bicyclic) bond motifs is 1. The maximum Gasteiger partial charge on any atom is 0.162 e.